The van der Waals surface area contributed by atoms with Gasteiger partial charge in [0.25, 0.3) is 0 Å². The van der Waals surface area contributed by atoms with Crippen molar-refractivity contribution in [1.29, 1.82) is 0 Å². The molecule has 2 nitrogen and oxygen atoms in total. The number of fused-ring (bicyclic) bond motifs is 5. The van der Waals surface area contributed by atoms with Gasteiger partial charge >= 0.3 is 0 Å². The lowest BCUT2D eigenvalue weighted by molar-refractivity contribution is 0.590. The summed E-state index contributed by atoms with van der Waals surface area (Å²) in [6, 6.07) is 98.3. The number of hydrogen-bond acceptors (Lipinski definition) is 2. The number of hydrogen-bond donors (Lipinski definition) is 0. The Bertz CT molecular complexity index is 3710. The molecule has 0 saturated carbocycles. The molecule has 0 spiro atoms. The van der Waals surface area contributed by atoms with Crippen LogP contribution in [0.4, 0.5) is 34.1 Å². The molecule has 76 heavy (non-hydrogen) atoms. The van der Waals surface area contributed by atoms with Gasteiger partial charge in [-0.1, -0.05) is 224 Å². The van der Waals surface area contributed by atoms with Gasteiger partial charge < -0.3 is 9.80 Å². The summed E-state index contributed by atoms with van der Waals surface area (Å²) in [4.78, 5) is 4.74. The molecule has 0 aromatic heterocycles. The predicted octanol–water partition coefficient (Wildman–Crippen LogP) is 21.3. The van der Waals surface area contributed by atoms with Crippen LogP contribution in [0.15, 0.2) is 267 Å². The van der Waals surface area contributed by atoms with Gasteiger partial charge in [0.1, 0.15) is 0 Å². The first kappa shape index (κ1) is 48.0. The summed E-state index contributed by atoms with van der Waals surface area (Å²) in [5, 5.41) is 7.44. The molecule has 0 unspecified atom stereocenters. The van der Waals surface area contributed by atoms with Crippen molar-refractivity contribution in [1.82, 2.24) is 0 Å². The van der Waals surface area contributed by atoms with Crippen molar-refractivity contribution < 1.29 is 0 Å². The number of rotatable bonds is 10. The highest BCUT2D eigenvalue weighted by molar-refractivity contribution is 6.24. The standard InChI is InChI=1S/C74H62N2/c1-73(2,3)57-33-45-63(46-34-57)75(59-37-25-53(26-38-59)51-17-9-7-10-18-51)61-41-29-55(30-42-61)69-49-71-68-24-16-14-22-66(68)70(50-72(71)67-23-15-13-21-65(67)69)56-31-43-62(44-32-56)76(64-47-35-58(36-48-64)74(4,5)6)60-39-27-54(28-40-60)52-19-11-8-12-20-52/h7-50H,1-6H3. The fourth-order valence-corrected chi connectivity index (χ4v) is 11.0. The summed E-state index contributed by atoms with van der Waals surface area (Å²) in [5.41, 5.74) is 19.0. The van der Waals surface area contributed by atoms with Gasteiger partial charge in [-0.3, -0.25) is 0 Å². The van der Waals surface area contributed by atoms with Crippen LogP contribution in [0.1, 0.15) is 52.7 Å². The highest BCUT2D eigenvalue weighted by Gasteiger charge is 2.21. The smallest absolute Gasteiger partial charge is 0.0462 e. The Hall–Kier alpha value is -8.98. The zero-order valence-corrected chi connectivity index (χ0v) is 44.3. The molecule has 12 rings (SSSR count). The fourth-order valence-electron chi connectivity index (χ4n) is 11.0. The number of nitrogens with zero attached hydrogens (tertiary/aromatic N) is 2. The normalized spacial score (nSPS) is 11.8. The summed E-state index contributed by atoms with van der Waals surface area (Å²) >= 11 is 0. The van der Waals surface area contributed by atoms with Crippen molar-refractivity contribution in [3.05, 3.63) is 278 Å². The van der Waals surface area contributed by atoms with Gasteiger partial charge in [-0.25, -0.2) is 0 Å². The molecule has 0 radical (unpaired) electrons. The first-order chi connectivity index (χ1) is 36.9. The summed E-state index contributed by atoms with van der Waals surface area (Å²) < 4.78 is 0. The second-order valence-corrected chi connectivity index (χ2v) is 22.2. The van der Waals surface area contributed by atoms with Crippen LogP contribution in [0.5, 0.6) is 0 Å². The van der Waals surface area contributed by atoms with Crippen LogP contribution >= 0.6 is 0 Å². The maximum atomic E-state index is 2.43. The Labute approximate surface area is 448 Å². The first-order valence-corrected chi connectivity index (χ1v) is 26.7. The van der Waals surface area contributed by atoms with E-state index in [-0.39, 0.29) is 10.8 Å². The van der Waals surface area contributed by atoms with E-state index in [4.69, 9.17) is 0 Å². The van der Waals surface area contributed by atoms with Crippen LogP contribution in [0, 0.1) is 0 Å². The molecule has 0 aliphatic heterocycles. The van der Waals surface area contributed by atoms with E-state index in [1.54, 1.807) is 0 Å². The van der Waals surface area contributed by atoms with Crippen molar-refractivity contribution in [2.45, 2.75) is 52.4 Å². The lowest BCUT2D eigenvalue weighted by atomic mass is 9.87. The quantitative estimate of drug-likeness (QED) is 0.126. The highest BCUT2D eigenvalue weighted by Crippen LogP contribution is 2.45. The molecule has 0 amide bonds. The fraction of sp³-hybridized carbons (Fsp3) is 0.108. The molecule has 0 bridgehead atoms. The van der Waals surface area contributed by atoms with E-state index >= 15 is 0 Å². The highest BCUT2D eigenvalue weighted by atomic mass is 15.1. The molecule has 0 saturated heterocycles. The molecular weight excluding hydrogens is 917 g/mol. The Morgan fingerprint density at radius 1 is 0.211 bits per heavy atom. The molecule has 368 valence electrons. The summed E-state index contributed by atoms with van der Waals surface area (Å²) in [6.45, 7) is 13.6. The minimum Gasteiger partial charge on any atom is -0.311 e. The molecule has 0 heterocycles. The molecule has 0 aliphatic carbocycles. The van der Waals surface area contributed by atoms with Gasteiger partial charge in [-0.2, -0.15) is 0 Å². The van der Waals surface area contributed by atoms with Crippen molar-refractivity contribution in [3.8, 4) is 44.5 Å². The first-order valence-electron chi connectivity index (χ1n) is 26.7. The SMILES string of the molecule is CC(C)(C)c1ccc(N(c2ccc(-c3ccccc3)cc2)c2ccc(-c3cc4c5ccccc5c(-c5ccc(N(c6ccc(-c7ccccc7)cc6)c6ccc(C(C)(C)C)cc6)cc5)cc4c4ccccc34)cc2)cc1. The molecule has 2 heteroatoms. The predicted molar refractivity (Wildman–Crippen MR) is 327 cm³/mol. The minimum atomic E-state index is 0.0594. The van der Waals surface area contributed by atoms with Crippen LogP contribution < -0.4 is 9.80 Å². The molecule has 0 fully saturated rings. The van der Waals surface area contributed by atoms with Gasteiger partial charge in [0.2, 0.25) is 0 Å². The molecule has 0 N–H and O–H groups in total. The summed E-state index contributed by atoms with van der Waals surface area (Å²) in [7, 11) is 0. The van der Waals surface area contributed by atoms with Crippen LogP contribution in [-0.4, -0.2) is 0 Å². The van der Waals surface area contributed by atoms with Crippen LogP contribution in [0.3, 0.4) is 0 Å². The maximum absolute atomic E-state index is 2.43. The zero-order valence-electron chi connectivity index (χ0n) is 44.3. The van der Waals surface area contributed by atoms with Gasteiger partial charge in [-0.05, 0) is 184 Å². The van der Waals surface area contributed by atoms with E-state index in [0.717, 1.165) is 34.1 Å². The second-order valence-electron chi connectivity index (χ2n) is 22.2. The lowest BCUT2D eigenvalue weighted by Crippen LogP contribution is -2.13. The Balaban J connectivity index is 0.923. The number of benzene rings is 12. The Morgan fingerprint density at radius 2 is 0.447 bits per heavy atom. The van der Waals surface area contributed by atoms with E-state index in [2.05, 4.69) is 318 Å². The summed E-state index contributed by atoms with van der Waals surface area (Å²) in [6.07, 6.45) is 0. The Morgan fingerprint density at radius 3 is 0.737 bits per heavy atom. The van der Waals surface area contributed by atoms with Crippen LogP contribution in [0.25, 0.3) is 76.8 Å². The third-order valence-corrected chi connectivity index (χ3v) is 15.2. The molecular formula is C74H62N2. The van der Waals surface area contributed by atoms with Gasteiger partial charge in [0.05, 0.1) is 0 Å². The van der Waals surface area contributed by atoms with Crippen LogP contribution in [0.2, 0.25) is 0 Å². The van der Waals surface area contributed by atoms with Crippen molar-refractivity contribution in [3.63, 3.8) is 0 Å². The lowest BCUT2D eigenvalue weighted by Gasteiger charge is -2.27. The van der Waals surface area contributed by atoms with Crippen LogP contribution in [-0.2, 0) is 10.8 Å². The molecule has 12 aromatic rings. The van der Waals surface area contributed by atoms with E-state index in [1.165, 1.54) is 88.0 Å². The monoisotopic (exact) mass is 978 g/mol. The topological polar surface area (TPSA) is 6.48 Å². The third-order valence-electron chi connectivity index (χ3n) is 15.2. The maximum Gasteiger partial charge on any atom is 0.0462 e. The van der Waals surface area contributed by atoms with E-state index in [1.807, 2.05) is 0 Å². The van der Waals surface area contributed by atoms with Crippen molar-refractivity contribution in [2.75, 3.05) is 9.80 Å². The van der Waals surface area contributed by atoms with Crippen molar-refractivity contribution >= 4 is 66.4 Å². The molecule has 0 aliphatic rings. The van der Waals surface area contributed by atoms with Gasteiger partial charge in [-0.15, -0.1) is 0 Å². The van der Waals surface area contributed by atoms with E-state index in [0.29, 0.717) is 0 Å². The second kappa shape index (κ2) is 19.7. The average molecular weight is 979 g/mol. The molecule has 0 atom stereocenters. The largest absolute Gasteiger partial charge is 0.311 e. The third kappa shape index (κ3) is 9.33. The van der Waals surface area contributed by atoms with Crippen molar-refractivity contribution in [2.24, 2.45) is 0 Å². The van der Waals surface area contributed by atoms with Gasteiger partial charge in [0, 0.05) is 34.1 Å². The molecule has 12 aromatic carbocycles. The van der Waals surface area contributed by atoms with Gasteiger partial charge in [0.15, 0.2) is 0 Å². The Kier molecular flexibility index (Phi) is 12.4. The number of anilines is 6. The zero-order chi connectivity index (χ0) is 52.0. The van der Waals surface area contributed by atoms with E-state index in [9.17, 15) is 0 Å². The average Bonchev–Trinajstić information content (AvgIpc) is 3.50. The van der Waals surface area contributed by atoms with E-state index < -0.39 is 0 Å². The minimum absolute atomic E-state index is 0.0594. The summed E-state index contributed by atoms with van der Waals surface area (Å²) in [5.74, 6) is 0.